The maximum atomic E-state index is 13.2. The normalized spacial score (nSPS) is 13.7. The van der Waals surface area contributed by atoms with E-state index in [1.807, 2.05) is 30.3 Å². The number of benzene rings is 1. The molecule has 0 fully saturated rings. The van der Waals surface area contributed by atoms with E-state index in [0.29, 0.717) is 6.42 Å². The van der Waals surface area contributed by atoms with Crippen molar-refractivity contribution < 1.29 is 9.50 Å². The van der Waals surface area contributed by atoms with Crippen molar-refractivity contribution in [3.05, 3.63) is 58.0 Å². The highest BCUT2D eigenvalue weighted by atomic mass is 32.1. The van der Waals surface area contributed by atoms with Crippen LogP contribution in [0.3, 0.4) is 0 Å². The van der Waals surface area contributed by atoms with Crippen molar-refractivity contribution in [2.24, 2.45) is 0 Å². The molecule has 0 saturated carbocycles. The SMILES string of the molecule is N#C[C@H](c1ccccc1)[C@H](CCO)c1csc(F)c1. The molecular weight excluding hydrogens is 261 g/mol. The third-order valence-corrected chi connectivity index (χ3v) is 3.89. The lowest BCUT2D eigenvalue weighted by Crippen LogP contribution is -2.11. The molecule has 19 heavy (non-hydrogen) atoms. The summed E-state index contributed by atoms with van der Waals surface area (Å²) in [6.45, 7) is -0.0207. The molecular formula is C15H14FNOS. The molecule has 2 rings (SSSR count). The second-order valence-electron chi connectivity index (χ2n) is 4.32. The van der Waals surface area contributed by atoms with E-state index in [9.17, 15) is 14.8 Å². The fraction of sp³-hybridized carbons (Fsp3) is 0.267. The Balaban J connectivity index is 2.34. The van der Waals surface area contributed by atoms with Crippen LogP contribution in [-0.4, -0.2) is 11.7 Å². The van der Waals surface area contributed by atoms with E-state index in [4.69, 9.17) is 0 Å². The quantitative estimate of drug-likeness (QED) is 0.905. The molecule has 2 aromatic rings. The number of hydrogen-bond acceptors (Lipinski definition) is 3. The second-order valence-corrected chi connectivity index (χ2v) is 5.18. The molecule has 98 valence electrons. The number of halogens is 1. The van der Waals surface area contributed by atoms with Crippen molar-refractivity contribution in [1.29, 1.82) is 5.26 Å². The van der Waals surface area contributed by atoms with Crippen LogP contribution < -0.4 is 0 Å². The van der Waals surface area contributed by atoms with E-state index in [0.717, 1.165) is 22.5 Å². The smallest absolute Gasteiger partial charge is 0.176 e. The van der Waals surface area contributed by atoms with Gasteiger partial charge in [0.25, 0.3) is 0 Å². The standard InChI is InChI=1S/C15H14FNOS/c16-15-8-12(10-19-15)13(6-7-18)14(9-17)11-4-2-1-3-5-11/h1-5,8,10,13-14,18H,6-7H2/t13-,14-/m1/s1. The number of nitriles is 1. The molecule has 2 nitrogen and oxygen atoms in total. The predicted octanol–water partition coefficient (Wildman–Crippen LogP) is 3.66. The lowest BCUT2D eigenvalue weighted by molar-refractivity contribution is 0.272. The zero-order valence-electron chi connectivity index (χ0n) is 10.3. The highest BCUT2D eigenvalue weighted by molar-refractivity contribution is 7.08. The lowest BCUT2D eigenvalue weighted by Gasteiger charge is -2.20. The molecule has 1 aromatic carbocycles. The van der Waals surface area contributed by atoms with Crippen LogP contribution in [0.4, 0.5) is 4.39 Å². The van der Waals surface area contributed by atoms with Gasteiger partial charge in [-0.15, -0.1) is 11.3 Å². The molecule has 0 bridgehead atoms. The number of nitrogens with zero attached hydrogens (tertiary/aromatic N) is 1. The van der Waals surface area contributed by atoms with Crippen LogP contribution >= 0.6 is 11.3 Å². The Morgan fingerprint density at radius 2 is 2.00 bits per heavy atom. The molecule has 0 radical (unpaired) electrons. The van der Waals surface area contributed by atoms with Gasteiger partial charge in [0.05, 0.1) is 12.0 Å². The Hall–Kier alpha value is -1.70. The predicted molar refractivity (Wildman–Crippen MR) is 73.5 cm³/mol. The monoisotopic (exact) mass is 275 g/mol. The fourth-order valence-corrected chi connectivity index (χ4v) is 2.94. The van der Waals surface area contributed by atoms with Gasteiger partial charge in [-0.3, -0.25) is 0 Å². The molecule has 0 aliphatic heterocycles. The van der Waals surface area contributed by atoms with Gasteiger partial charge in [-0.1, -0.05) is 30.3 Å². The molecule has 0 saturated heterocycles. The number of rotatable bonds is 5. The van der Waals surface area contributed by atoms with Crippen molar-refractivity contribution in [1.82, 2.24) is 0 Å². The summed E-state index contributed by atoms with van der Waals surface area (Å²) in [4.78, 5) is 0. The maximum absolute atomic E-state index is 13.2. The van der Waals surface area contributed by atoms with Crippen LogP contribution in [0.25, 0.3) is 0 Å². The van der Waals surface area contributed by atoms with E-state index < -0.39 is 0 Å². The summed E-state index contributed by atoms with van der Waals surface area (Å²) >= 11 is 1.02. The van der Waals surface area contributed by atoms with Gasteiger partial charge in [0.15, 0.2) is 5.13 Å². The lowest BCUT2D eigenvalue weighted by atomic mass is 9.81. The zero-order valence-corrected chi connectivity index (χ0v) is 11.1. The van der Waals surface area contributed by atoms with Gasteiger partial charge in [-0.25, -0.2) is 0 Å². The molecule has 0 unspecified atom stereocenters. The third-order valence-electron chi connectivity index (χ3n) is 3.16. The first-order valence-electron chi connectivity index (χ1n) is 6.05. The number of aliphatic hydroxyl groups is 1. The molecule has 1 heterocycles. The van der Waals surface area contributed by atoms with Crippen molar-refractivity contribution >= 4 is 11.3 Å². The number of hydrogen-bond donors (Lipinski definition) is 1. The Labute approximate surface area is 115 Å². The number of aliphatic hydroxyl groups excluding tert-OH is 1. The molecule has 4 heteroatoms. The Morgan fingerprint density at radius 3 is 2.53 bits per heavy atom. The van der Waals surface area contributed by atoms with E-state index in [1.165, 1.54) is 6.07 Å². The summed E-state index contributed by atoms with van der Waals surface area (Å²) in [7, 11) is 0. The van der Waals surface area contributed by atoms with Gasteiger partial charge < -0.3 is 5.11 Å². The third kappa shape index (κ3) is 3.19. The van der Waals surface area contributed by atoms with Gasteiger partial charge in [0.2, 0.25) is 0 Å². The average Bonchev–Trinajstić information content (AvgIpc) is 2.86. The topological polar surface area (TPSA) is 44.0 Å². The van der Waals surface area contributed by atoms with Crippen LogP contribution in [0.15, 0.2) is 41.8 Å². The van der Waals surface area contributed by atoms with Crippen LogP contribution in [-0.2, 0) is 0 Å². The number of thiophene rings is 1. The largest absolute Gasteiger partial charge is 0.396 e. The summed E-state index contributed by atoms with van der Waals surface area (Å²) in [6.07, 6.45) is 0.448. The molecule has 0 amide bonds. The highest BCUT2D eigenvalue weighted by Gasteiger charge is 2.25. The van der Waals surface area contributed by atoms with Gasteiger partial charge in [-0.05, 0) is 29.0 Å². The van der Waals surface area contributed by atoms with Gasteiger partial charge in [0.1, 0.15) is 0 Å². The zero-order chi connectivity index (χ0) is 13.7. The second kappa shape index (κ2) is 6.46. The Kier molecular flexibility index (Phi) is 4.67. The molecule has 0 aliphatic rings. The summed E-state index contributed by atoms with van der Waals surface area (Å²) in [5.41, 5.74) is 1.68. The van der Waals surface area contributed by atoms with E-state index >= 15 is 0 Å². The van der Waals surface area contributed by atoms with Gasteiger partial charge >= 0.3 is 0 Å². The molecule has 1 N–H and O–H groups in total. The van der Waals surface area contributed by atoms with Crippen LogP contribution in [0, 0.1) is 16.5 Å². The summed E-state index contributed by atoms with van der Waals surface area (Å²) in [6, 6.07) is 13.2. The fourth-order valence-electron chi connectivity index (χ4n) is 2.24. The molecule has 0 aliphatic carbocycles. The Morgan fingerprint density at radius 1 is 1.26 bits per heavy atom. The van der Waals surface area contributed by atoms with Crippen molar-refractivity contribution in [3.8, 4) is 6.07 Å². The Bertz CT molecular complexity index is 561. The highest BCUT2D eigenvalue weighted by Crippen LogP contribution is 2.36. The molecule has 1 aromatic heterocycles. The summed E-state index contributed by atoms with van der Waals surface area (Å²) < 4.78 is 13.2. The summed E-state index contributed by atoms with van der Waals surface area (Å²) in [5.74, 6) is -0.555. The molecule has 2 atom stereocenters. The van der Waals surface area contributed by atoms with E-state index in [1.54, 1.807) is 5.38 Å². The van der Waals surface area contributed by atoms with Crippen molar-refractivity contribution in [2.45, 2.75) is 18.3 Å². The van der Waals surface area contributed by atoms with Crippen LogP contribution in [0.2, 0.25) is 0 Å². The maximum Gasteiger partial charge on any atom is 0.176 e. The first-order valence-corrected chi connectivity index (χ1v) is 6.93. The minimum atomic E-state index is -0.373. The average molecular weight is 275 g/mol. The van der Waals surface area contributed by atoms with Crippen LogP contribution in [0.1, 0.15) is 29.4 Å². The first-order chi connectivity index (χ1) is 9.26. The molecule has 0 spiro atoms. The van der Waals surface area contributed by atoms with Crippen LogP contribution in [0.5, 0.6) is 0 Å². The summed E-state index contributed by atoms with van der Waals surface area (Å²) in [5, 5.41) is 20.1. The van der Waals surface area contributed by atoms with E-state index in [2.05, 4.69) is 6.07 Å². The van der Waals surface area contributed by atoms with Crippen molar-refractivity contribution in [3.63, 3.8) is 0 Å². The first kappa shape index (κ1) is 13.7. The van der Waals surface area contributed by atoms with E-state index in [-0.39, 0.29) is 23.6 Å². The van der Waals surface area contributed by atoms with Gasteiger partial charge in [0, 0.05) is 12.5 Å². The minimum Gasteiger partial charge on any atom is -0.396 e. The van der Waals surface area contributed by atoms with Gasteiger partial charge in [-0.2, -0.15) is 9.65 Å². The van der Waals surface area contributed by atoms with Crippen molar-refractivity contribution in [2.75, 3.05) is 6.61 Å². The minimum absolute atomic E-state index is 0.0207.